The van der Waals surface area contributed by atoms with Crippen molar-refractivity contribution in [2.45, 2.75) is 11.8 Å². The number of nitrogens with one attached hydrogen (secondary N) is 1. The van der Waals surface area contributed by atoms with E-state index in [2.05, 4.69) is 25.4 Å². The summed E-state index contributed by atoms with van der Waals surface area (Å²) in [7, 11) is -4.66. The Kier molecular flexibility index (Phi) is 5.09. The van der Waals surface area contributed by atoms with Crippen LogP contribution in [0.15, 0.2) is 73.6 Å². The summed E-state index contributed by atoms with van der Waals surface area (Å²) in [6, 6.07) is 12.2. The number of rotatable bonds is 5. The topological polar surface area (TPSA) is 166 Å². The number of H-pyrrole nitrogens is 1. The molecule has 0 aliphatic rings. The van der Waals surface area contributed by atoms with E-state index >= 15 is 0 Å². The molecule has 1 aromatic heterocycles. The fourth-order valence-corrected chi connectivity index (χ4v) is 3.07. The van der Waals surface area contributed by atoms with Crippen LogP contribution in [-0.4, -0.2) is 22.8 Å². The second kappa shape index (κ2) is 7.48. The molecule has 28 heavy (non-hydrogen) atoms. The summed E-state index contributed by atoms with van der Waals surface area (Å²) in [5.41, 5.74) is 8.71. The van der Waals surface area contributed by atoms with Gasteiger partial charge in [0.15, 0.2) is 5.69 Å². The van der Waals surface area contributed by atoms with E-state index < -0.39 is 20.6 Å². The number of azo groups is 1. The van der Waals surface area contributed by atoms with Crippen LogP contribution in [0.25, 0.3) is 16.1 Å². The Balaban J connectivity index is 2.07. The number of para-hydroxylation sites is 1. The summed E-state index contributed by atoms with van der Waals surface area (Å²) in [6.45, 7) is 1.61. The summed E-state index contributed by atoms with van der Waals surface area (Å²) in [6.07, 6.45) is 0. The minimum atomic E-state index is -4.66. The maximum atomic E-state index is 12.6. The van der Waals surface area contributed by atoms with Crippen LogP contribution in [0.4, 0.5) is 17.1 Å². The average molecular weight is 399 g/mol. The van der Waals surface area contributed by atoms with Gasteiger partial charge < -0.3 is 0 Å². The van der Waals surface area contributed by atoms with E-state index in [1.165, 1.54) is 16.8 Å². The Morgan fingerprint density at radius 1 is 1.14 bits per heavy atom. The van der Waals surface area contributed by atoms with Crippen LogP contribution in [-0.2, 0) is 10.1 Å². The van der Waals surface area contributed by atoms with Crippen molar-refractivity contribution < 1.29 is 13.0 Å². The summed E-state index contributed by atoms with van der Waals surface area (Å²) >= 11 is 0. The van der Waals surface area contributed by atoms with Gasteiger partial charge in [-0.15, -0.1) is 10.2 Å². The SMILES string of the molecule is Cc1[nH]n(-c2ccccc2)c(=O)c1N=Nc1ccc(N=[N+]=[N-])cc1S(=O)(=O)O. The van der Waals surface area contributed by atoms with Gasteiger partial charge >= 0.3 is 0 Å². The molecule has 0 atom stereocenters. The van der Waals surface area contributed by atoms with Crippen molar-refractivity contribution in [1.82, 2.24) is 9.78 Å². The molecule has 0 spiro atoms. The first kappa shape index (κ1) is 19.0. The molecular formula is C16H13N7O4S. The molecule has 0 bridgehead atoms. The monoisotopic (exact) mass is 399 g/mol. The van der Waals surface area contributed by atoms with E-state index in [1.807, 2.05) is 6.07 Å². The zero-order valence-corrected chi connectivity index (χ0v) is 15.2. The van der Waals surface area contributed by atoms with Crippen LogP contribution in [0, 0.1) is 6.92 Å². The van der Waals surface area contributed by atoms with Crippen molar-refractivity contribution in [3.05, 3.63) is 75.0 Å². The number of aromatic nitrogens is 2. The lowest BCUT2D eigenvalue weighted by Crippen LogP contribution is -2.13. The van der Waals surface area contributed by atoms with Gasteiger partial charge in [0.2, 0.25) is 0 Å². The van der Waals surface area contributed by atoms with Crippen molar-refractivity contribution >= 4 is 27.2 Å². The molecule has 0 fully saturated rings. The summed E-state index contributed by atoms with van der Waals surface area (Å²) in [4.78, 5) is 14.5. The van der Waals surface area contributed by atoms with Gasteiger partial charge in [-0.25, -0.2) is 4.68 Å². The van der Waals surface area contributed by atoms with E-state index in [1.54, 1.807) is 31.2 Å². The molecule has 0 saturated heterocycles. The summed E-state index contributed by atoms with van der Waals surface area (Å²) < 4.78 is 33.8. The highest BCUT2D eigenvalue weighted by Crippen LogP contribution is 2.30. The molecule has 1 heterocycles. The lowest BCUT2D eigenvalue weighted by Gasteiger charge is -2.02. The van der Waals surface area contributed by atoms with Crippen LogP contribution in [0.1, 0.15) is 5.69 Å². The van der Waals surface area contributed by atoms with Crippen molar-refractivity contribution in [3.8, 4) is 5.69 Å². The van der Waals surface area contributed by atoms with E-state index in [0.717, 1.165) is 6.07 Å². The van der Waals surface area contributed by atoms with Gasteiger partial charge in [0.25, 0.3) is 15.7 Å². The van der Waals surface area contributed by atoms with Gasteiger partial charge in [0.05, 0.1) is 11.4 Å². The van der Waals surface area contributed by atoms with Crippen LogP contribution in [0.3, 0.4) is 0 Å². The predicted octanol–water partition coefficient (Wildman–Crippen LogP) is 4.08. The van der Waals surface area contributed by atoms with Gasteiger partial charge in [-0.2, -0.15) is 8.42 Å². The molecular weight excluding hydrogens is 386 g/mol. The minimum Gasteiger partial charge on any atom is -0.293 e. The number of aromatic amines is 1. The summed E-state index contributed by atoms with van der Waals surface area (Å²) in [5.74, 6) is 0. The van der Waals surface area contributed by atoms with Crippen molar-refractivity contribution in [2.75, 3.05) is 0 Å². The third-order valence-corrected chi connectivity index (χ3v) is 4.58. The number of aryl methyl sites for hydroxylation is 1. The predicted molar refractivity (Wildman–Crippen MR) is 100 cm³/mol. The van der Waals surface area contributed by atoms with Gasteiger partial charge in [0, 0.05) is 10.6 Å². The van der Waals surface area contributed by atoms with Crippen molar-refractivity contribution in [3.63, 3.8) is 0 Å². The van der Waals surface area contributed by atoms with Gasteiger partial charge in [-0.05, 0) is 36.7 Å². The van der Waals surface area contributed by atoms with Crippen molar-refractivity contribution in [2.24, 2.45) is 15.3 Å². The number of benzene rings is 2. The van der Waals surface area contributed by atoms with Crippen LogP contribution in [0.2, 0.25) is 0 Å². The van der Waals surface area contributed by atoms with E-state index in [-0.39, 0.29) is 17.1 Å². The number of hydrogen-bond acceptors (Lipinski definition) is 6. The maximum Gasteiger partial charge on any atom is 0.299 e. The largest absolute Gasteiger partial charge is 0.299 e. The molecule has 142 valence electrons. The first-order chi connectivity index (χ1) is 13.3. The molecule has 3 rings (SSSR count). The lowest BCUT2D eigenvalue weighted by atomic mass is 10.3. The Hall–Kier alpha value is -3.73. The molecule has 0 aliphatic carbocycles. The quantitative estimate of drug-likeness (QED) is 0.286. The van der Waals surface area contributed by atoms with Crippen LogP contribution < -0.4 is 5.56 Å². The molecule has 12 heteroatoms. The van der Waals surface area contributed by atoms with Gasteiger partial charge in [-0.1, -0.05) is 29.4 Å². The lowest BCUT2D eigenvalue weighted by molar-refractivity contribution is 0.483. The maximum absolute atomic E-state index is 12.6. The first-order valence-electron chi connectivity index (χ1n) is 7.76. The molecule has 0 aliphatic heterocycles. The molecule has 3 aromatic rings. The Labute approximate surface area is 158 Å². The van der Waals surface area contributed by atoms with Gasteiger partial charge in [0.1, 0.15) is 10.6 Å². The molecule has 0 unspecified atom stereocenters. The molecule has 0 amide bonds. The van der Waals surface area contributed by atoms with Crippen LogP contribution in [0.5, 0.6) is 0 Å². The zero-order valence-electron chi connectivity index (χ0n) is 14.4. The second-order valence-corrected chi connectivity index (χ2v) is 6.97. The number of nitrogens with zero attached hydrogens (tertiary/aromatic N) is 6. The highest BCUT2D eigenvalue weighted by Gasteiger charge is 2.17. The number of hydrogen-bond donors (Lipinski definition) is 2. The highest BCUT2D eigenvalue weighted by molar-refractivity contribution is 7.86. The average Bonchev–Trinajstić information content (AvgIpc) is 2.95. The number of azide groups is 1. The molecule has 11 nitrogen and oxygen atoms in total. The van der Waals surface area contributed by atoms with Crippen LogP contribution >= 0.6 is 0 Å². The van der Waals surface area contributed by atoms with Gasteiger partial charge in [-0.3, -0.25) is 14.4 Å². The molecule has 0 radical (unpaired) electrons. The fraction of sp³-hybridized carbons (Fsp3) is 0.0625. The molecule has 0 saturated carbocycles. The Morgan fingerprint density at radius 2 is 1.86 bits per heavy atom. The van der Waals surface area contributed by atoms with Crippen molar-refractivity contribution in [1.29, 1.82) is 0 Å². The third kappa shape index (κ3) is 3.83. The smallest absolute Gasteiger partial charge is 0.293 e. The normalized spacial score (nSPS) is 11.5. The zero-order chi connectivity index (χ0) is 20.3. The fourth-order valence-electron chi connectivity index (χ4n) is 2.42. The highest BCUT2D eigenvalue weighted by atomic mass is 32.2. The van der Waals surface area contributed by atoms with E-state index in [0.29, 0.717) is 11.4 Å². The third-order valence-electron chi connectivity index (χ3n) is 3.69. The standard InChI is InChI=1S/C16H13N7O4S/c1-10-15(16(24)23(21-10)12-5-3-2-4-6-12)20-19-13-8-7-11(18-22-17)9-14(13)28(25,26)27/h2-9,21H,1H3,(H,25,26,27). The molecule has 2 N–H and O–H groups in total. The summed E-state index contributed by atoms with van der Waals surface area (Å²) in [5, 5.41) is 13.8. The Morgan fingerprint density at radius 3 is 2.50 bits per heavy atom. The molecule has 2 aromatic carbocycles. The minimum absolute atomic E-state index is 0.0238. The van der Waals surface area contributed by atoms with E-state index in [4.69, 9.17) is 5.53 Å². The Bertz CT molecular complexity index is 1270. The first-order valence-corrected chi connectivity index (χ1v) is 9.20. The second-order valence-electron chi connectivity index (χ2n) is 5.58. The van der Waals surface area contributed by atoms with E-state index in [9.17, 15) is 17.8 Å².